The number of guanidine groups is 1. The van der Waals surface area contributed by atoms with Crippen molar-refractivity contribution in [1.29, 1.82) is 0 Å². The van der Waals surface area contributed by atoms with E-state index in [1.54, 1.807) is 13.2 Å². The molecule has 30 heavy (non-hydrogen) atoms. The molecule has 0 atom stereocenters. The molecule has 0 saturated heterocycles. The van der Waals surface area contributed by atoms with Crippen LogP contribution in [0.3, 0.4) is 0 Å². The van der Waals surface area contributed by atoms with E-state index in [1.807, 2.05) is 53.3 Å². The predicted octanol–water partition coefficient (Wildman–Crippen LogP) is 2.80. The Bertz CT molecular complexity index is 981. The molecule has 1 heterocycles. The fraction of sp³-hybridized carbons (Fsp3) is 0.261. The number of aromatic nitrogens is 2. The van der Waals surface area contributed by atoms with E-state index in [9.17, 15) is 4.79 Å². The Morgan fingerprint density at radius 2 is 1.90 bits per heavy atom. The zero-order chi connectivity index (χ0) is 21.2. The molecule has 0 spiro atoms. The first kappa shape index (κ1) is 21.1. The third-order valence-electron chi connectivity index (χ3n) is 4.72. The normalized spacial score (nSPS) is 11.2. The van der Waals surface area contributed by atoms with Crippen LogP contribution in [0.25, 0.3) is 0 Å². The number of aryl methyl sites for hydroxylation is 1. The number of carbonyl (C=O) groups is 1. The summed E-state index contributed by atoms with van der Waals surface area (Å²) in [5, 5.41) is 13.5. The van der Waals surface area contributed by atoms with Crippen molar-refractivity contribution in [3.8, 4) is 0 Å². The second kappa shape index (κ2) is 10.8. The maximum Gasteiger partial charge on any atom is 0.243 e. The number of benzene rings is 2. The van der Waals surface area contributed by atoms with Crippen LogP contribution in [-0.2, 0) is 24.3 Å². The average Bonchev–Trinajstić information content (AvgIpc) is 3.28. The molecule has 7 heteroatoms. The van der Waals surface area contributed by atoms with Gasteiger partial charge in [0.1, 0.15) is 0 Å². The molecule has 3 N–H and O–H groups in total. The van der Waals surface area contributed by atoms with Crippen LogP contribution in [0.1, 0.15) is 23.6 Å². The van der Waals surface area contributed by atoms with Crippen molar-refractivity contribution < 1.29 is 4.79 Å². The van der Waals surface area contributed by atoms with Gasteiger partial charge in [0.15, 0.2) is 5.96 Å². The maximum absolute atomic E-state index is 12.3. The fourth-order valence-electron chi connectivity index (χ4n) is 3.09. The van der Waals surface area contributed by atoms with Gasteiger partial charge < -0.3 is 16.0 Å². The minimum absolute atomic E-state index is 0.120. The molecule has 0 aliphatic heterocycles. The highest BCUT2D eigenvalue weighted by Gasteiger charge is 2.07. The van der Waals surface area contributed by atoms with E-state index in [4.69, 9.17) is 0 Å². The van der Waals surface area contributed by atoms with Gasteiger partial charge in [0.2, 0.25) is 5.91 Å². The zero-order valence-corrected chi connectivity index (χ0v) is 17.4. The molecule has 2 aromatic carbocycles. The van der Waals surface area contributed by atoms with Crippen molar-refractivity contribution in [3.05, 3.63) is 83.7 Å². The van der Waals surface area contributed by atoms with Crippen LogP contribution < -0.4 is 16.0 Å². The minimum atomic E-state index is -0.120. The monoisotopic (exact) mass is 404 g/mol. The Labute approximate surface area is 177 Å². The van der Waals surface area contributed by atoms with Crippen molar-refractivity contribution in [1.82, 2.24) is 20.4 Å². The summed E-state index contributed by atoms with van der Waals surface area (Å²) in [5.74, 6) is 0.451. The third-order valence-corrected chi connectivity index (χ3v) is 4.72. The van der Waals surface area contributed by atoms with E-state index < -0.39 is 0 Å². The number of carbonyl (C=O) groups excluding carboxylic acids is 1. The first-order valence-corrected chi connectivity index (χ1v) is 10.1. The number of anilines is 1. The van der Waals surface area contributed by atoms with Crippen LogP contribution in [0, 0.1) is 0 Å². The van der Waals surface area contributed by atoms with Crippen molar-refractivity contribution in [2.24, 2.45) is 4.99 Å². The Morgan fingerprint density at radius 3 is 2.63 bits per heavy atom. The van der Waals surface area contributed by atoms with Crippen molar-refractivity contribution in [2.75, 3.05) is 18.9 Å². The van der Waals surface area contributed by atoms with Gasteiger partial charge in [-0.3, -0.25) is 14.5 Å². The lowest BCUT2D eigenvalue weighted by atomic mass is 10.1. The van der Waals surface area contributed by atoms with Crippen molar-refractivity contribution >= 4 is 17.6 Å². The molecular formula is C23H28N6O. The van der Waals surface area contributed by atoms with Gasteiger partial charge in [0.25, 0.3) is 0 Å². The third kappa shape index (κ3) is 6.20. The van der Waals surface area contributed by atoms with Gasteiger partial charge in [-0.25, -0.2) is 0 Å². The fourth-order valence-corrected chi connectivity index (χ4v) is 3.09. The Hall–Kier alpha value is -3.61. The second-order valence-electron chi connectivity index (χ2n) is 6.85. The van der Waals surface area contributed by atoms with E-state index in [0.29, 0.717) is 19.0 Å². The number of hydrogen-bond donors (Lipinski definition) is 3. The largest absolute Gasteiger partial charge is 0.352 e. The van der Waals surface area contributed by atoms with Gasteiger partial charge in [0, 0.05) is 31.7 Å². The molecule has 0 fully saturated rings. The van der Waals surface area contributed by atoms with Crippen molar-refractivity contribution in [2.45, 2.75) is 26.4 Å². The summed E-state index contributed by atoms with van der Waals surface area (Å²) < 4.78 is 1.89. The number of amides is 1. The Kier molecular flexibility index (Phi) is 7.60. The van der Waals surface area contributed by atoms with Crippen LogP contribution in [0.5, 0.6) is 0 Å². The lowest BCUT2D eigenvalue weighted by Gasteiger charge is -2.14. The molecule has 0 saturated carbocycles. The van der Waals surface area contributed by atoms with Crippen LogP contribution >= 0.6 is 0 Å². The molecule has 3 aromatic rings. The molecule has 1 amide bonds. The van der Waals surface area contributed by atoms with Crippen LogP contribution in [0.2, 0.25) is 0 Å². The standard InChI is InChI=1S/C23H28N6O/c1-3-18-8-6-11-21(14-18)28-22(30)16-26-23(24-2)25-15-19-9-4-5-10-20(19)17-29-13-7-12-27-29/h4-14H,3,15-17H2,1-2H3,(H,28,30)(H2,24,25,26). The number of hydrogen-bond acceptors (Lipinski definition) is 3. The highest BCUT2D eigenvalue weighted by atomic mass is 16.1. The van der Waals surface area contributed by atoms with Crippen LogP contribution in [0.15, 0.2) is 72.0 Å². The highest BCUT2D eigenvalue weighted by Crippen LogP contribution is 2.11. The molecule has 3 rings (SSSR count). The summed E-state index contributed by atoms with van der Waals surface area (Å²) in [5.41, 5.74) is 4.32. The van der Waals surface area contributed by atoms with Gasteiger partial charge in [-0.15, -0.1) is 0 Å². The predicted molar refractivity (Wildman–Crippen MR) is 120 cm³/mol. The summed E-state index contributed by atoms with van der Waals surface area (Å²) in [4.78, 5) is 16.5. The SMILES string of the molecule is CCc1cccc(NC(=O)CNC(=NC)NCc2ccccc2Cn2cccn2)c1. The zero-order valence-electron chi connectivity index (χ0n) is 17.4. The first-order valence-electron chi connectivity index (χ1n) is 10.1. The number of aliphatic imine (C=N–C) groups is 1. The first-order chi connectivity index (χ1) is 14.7. The van der Waals surface area contributed by atoms with Gasteiger partial charge in [0.05, 0.1) is 13.1 Å². The van der Waals surface area contributed by atoms with Crippen molar-refractivity contribution in [3.63, 3.8) is 0 Å². The van der Waals surface area contributed by atoms with E-state index in [-0.39, 0.29) is 12.5 Å². The Morgan fingerprint density at radius 1 is 1.07 bits per heavy atom. The van der Waals surface area contributed by atoms with Gasteiger partial charge in [-0.2, -0.15) is 5.10 Å². The summed E-state index contributed by atoms with van der Waals surface area (Å²) in [6.45, 7) is 3.52. The molecule has 0 radical (unpaired) electrons. The van der Waals surface area contributed by atoms with E-state index in [2.05, 4.69) is 45.1 Å². The van der Waals surface area contributed by atoms with Crippen LogP contribution in [-0.4, -0.2) is 35.2 Å². The molecule has 7 nitrogen and oxygen atoms in total. The second-order valence-corrected chi connectivity index (χ2v) is 6.85. The van der Waals surface area contributed by atoms with E-state index in [0.717, 1.165) is 17.7 Å². The highest BCUT2D eigenvalue weighted by molar-refractivity contribution is 5.95. The quantitative estimate of drug-likeness (QED) is 0.398. The molecule has 156 valence electrons. The summed E-state index contributed by atoms with van der Waals surface area (Å²) in [6.07, 6.45) is 4.65. The van der Waals surface area contributed by atoms with Crippen LogP contribution in [0.4, 0.5) is 5.69 Å². The smallest absolute Gasteiger partial charge is 0.243 e. The summed E-state index contributed by atoms with van der Waals surface area (Å²) in [6, 6.07) is 18.0. The van der Waals surface area contributed by atoms with Gasteiger partial charge >= 0.3 is 0 Å². The molecule has 1 aromatic heterocycles. The topological polar surface area (TPSA) is 83.3 Å². The molecule has 0 aliphatic carbocycles. The number of nitrogens with zero attached hydrogens (tertiary/aromatic N) is 3. The summed E-state index contributed by atoms with van der Waals surface area (Å²) >= 11 is 0. The molecular weight excluding hydrogens is 376 g/mol. The summed E-state index contributed by atoms with van der Waals surface area (Å²) in [7, 11) is 1.69. The molecule has 0 aliphatic rings. The molecule has 0 bridgehead atoms. The lowest BCUT2D eigenvalue weighted by Crippen LogP contribution is -2.41. The van der Waals surface area contributed by atoms with Gasteiger partial charge in [-0.05, 0) is 41.3 Å². The number of nitrogens with one attached hydrogen (secondary N) is 3. The molecule has 0 unspecified atom stereocenters. The average molecular weight is 405 g/mol. The number of rotatable bonds is 8. The minimum Gasteiger partial charge on any atom is -0.352 e. The maximum atomic E-state index is 12.3. The Balaban J connectivity index is 1.51. The van der Waals surface area contributed by atoms with Gasteiger partial charge in [-0.1, -0.05) is 43.3 Å². The van der Waals surface area contributed by atoms with E-state index >= 15 is 0 Å². The van der Waals surface area contributed by atoms with E-state index in [1.165, 1.54) is 11.1 Å². The lowest BCUT2D eigenvalue weighted by molar-refractivity contribution is -0.115.